The highest BCUT2D eigenvalue weighted by Gasteiger charge is 2.33. The molecule has 1 aliphatic rings. The number of ether oxygens (including phenoxy) is 2. The Balaban J connectivity index is 1.67. The second kappa shape index (κ2) is 8.30. The first-order valence-corrected chi connectivity index (χ1v) is 9.70. The van der Waals surface area contributed by atoms with Crippen molar-refractivity contribution in [3.05, 3.63) is 24.1 Å². The molecule has 0 spiro atoms. The van der Waals surface area contributed by atoms with Crippen LogP contribution in [0.4, 0.5) is 0 Å². The average molecular weight is 373 g/mol. The lowest BCUT2D eigenvalue weighted by Gasteiger charge is -2.40. The van der Waals surface area contributed by atoms with E-state index < -0.39 is 0 Å². The van der Waals surface area contributed by atoms with E-state index >= 15 is 0 Å². The average Bonchev–Trinajstić information content (AvgIpc) is 3.14. The van der Waals surface area contributed by atoms with Gasteiger partial charge in [0.05, 0.1) is 20.8 Å². The van der Waals surface area contributed by atoms with Gasteiger partial charge < -0.3 is 19.3 Å². The molecule has 2 atom stereocenters. The lowest BCUT2D eigenvalue weighted by molar-refractivity contribution is 0.127. The zero-order chi connectivity index (χ0) is 19.4. The van der Waals surface area contributed by atoms with E-state index in [4.69, 9.17) is 14.0 Å². The van der Waals surface area contributed by atoms with E-state index in [2.05, 4.69) is 36.2 Å². The van der Waals surface area contributed by atoms with Crippen LogP contribution in [-0.2, 0) is 6.54 Å². The second-order valence-corrected chi connectivity index (χ2v) is 8.33. The van der Waals surface area contributed by atoms with Crippen LogP contribution < -0.4 is 14.8 Å². The summed E-state index contributed by atoms with van der Waals surface area (Å²) in [6, 6.07) is 6.10. The number of hydrogen-bond acceptors (Lipinski definition) is 6. The molecule has 1 aromatic heterocycles. The highest BCUT2D eigenvalue weighted by atomic mass is 16.5. The summed E-state index contributed by atoms with van der Waals surface area (Å²) in [7, 11) is 3.23. The van der Waals surface area contributed by atoms with Gasteiger partial charge in [-0.15, -0.1) is 0 Å². The summed E-state index contributed by atoms with van der Waals surface area (Å²) in [6.45, 7) is 7.59. The molecule has 1 N–H and O–H groups in total. The summed E-state index contributed by atoms with van der Waals surface area (Å²) < 4.78 is 16.1. The van der Waals surface area contributed by atoms with Crippen LogP contribution in [0.2, 0.25) is 0 Å². The van der Waals surface area contributed by atoms with Crippen molar-refractivity contribution in [2.75, 3.05) is 14.2 Å². The minimum atomic E-state index is 0.303. The topological polar surface area (TPSA) is 69.4 Å². The van der Waals surface area contributed by atoms with E-state index in [0.717, 1.165) is 5.56 Å². The molecule has 27 heavy (non-hydrogen) atoms. The fourth-order valence-corrected chi connectivity index (χ4v) is 4.05. The van der Waals surface area contributed by atoms with Crippen molar-refractivity contribution in [3.63, 3.8) is 0 Å². The Hall–Kier alpha value is -2.08. The monoisotopic (exact) mass is 373 g/mol. The SMILES string of the molecule is COc1ccc(-c2noc(CNC3CCCCC3C(C)(C)C)n2)cc1OC. The third-order valence-electron chi connectivity index (χ3n) is 5.50. The zero-order valence-electron chi connectivity index (χ0n) is 17.0. The summed E-state index contributed by atoms with van der Waals surface area (Å²) in [5.41, 5.74) is 1.14. The highest BCUT2D eigenvalue weighted by molar-refractivity contribution is 5.60. The van der Waals surface area contributed by atoms with Gasteiger partial charge in [-0.1, -0.05) is 38.8 Å². The van der Waals surface area contributed by atoms with E-state index in [1.54, 1.807) is 14.2 Å². The van der Waals surface area contributed by atoms with Gasteiger partial charge in [-0.3, -0.25) is 0 Å². The summed E-state index contributed by atoms with van der Waals surface area (Å²) in [4.78, 5) is 4.55. The molecule has 0 amide bonds. The van der Waals surface area contributed by atoms with Crippen molar-refractivity contribution >= 4 is 0 Å². The van der Waals surface area contributed by atoms with Crippen LogP contribution >= 0.6 is 0 Å². The minimum Gasteiger partial charge on any atom is -0.493 e. The largest absolute Gasteiger partial charge is 0.493 e. The third kappa shape index (κ3) is 4.61. The number of nitrogens with zero attached hydrogens (tertiary/aromatic N) is 2. The fraction of sp³-hybridized carbons (Fsp3) is 0.619. The van der Waals surface area contributed by atoms with Crippen LogP contribution in [0.25, 0.3) is 11.4 Å². The molecule has 0 aliphatic heterocycles. The zero-order valence-corrected chi connectivity index (χ0v) is 17.0. The summed E-state index contributed by atoms with van der Waals surface area (Å²) in [5.74, 6) is 3.16. The maximum Gasteiger partial charge on any atom is 0.240 e. The van der Waals surface area contributed by atoms with E-state index in [9.17, 15) is 0 Å². The molecule has 2 unspecified atom stereocenters. The van der Waals surface area contributed by atoms with Crippen LogP contribution in [0.3, 0.4) is 0 Å². The van der Waals surface area contributed by atoms with Gasteiger partial charge >= 0.3 is 0 Å². The molecule has 3 rings (SSSR count). The van der Waals surface area contributed by atoms with E-state index in [0.29, 0.717) is 47.1 Å². The van der Waals surface area contributed by atoms with Gasteiger partial charge in [0.15, 0.2) is 11.5 Å². The Morgan fingerprint density at radius 1 is 1.11 bits per heavy atom. The molecule has 1 aliphatic carbocycles. The first-order valence-electron chi connectivity index (χ1n) is 9.70. The van der Waals surface area contributed by atoms with Crippen LogP contribution in [0.1, 0.15) is 52.3 Å². The molecule has 6 heteroatoms. The predicted molar refractivity (Wildman–Crippen MR) is 105 cm³/mol. The summed E-state index contributed by atoms with van der Waals surface area (Å²) in [5, 5.41) is 7.79. The van der Waals surface area contributed by atoms with Gasteiger partial charge in [0.1, 0.15) is 0 Å². The molecule has 1 saturated carbocycles. The number of rotatable bonds is 6. The maximum absolute atomic E-state index is 5.47. The van der Waals surface area contributed by atoms with Crippen LogP contribution in [-0.4, -0.2) is 30.4 Å². The molecule has 1 fully saturated rings. The molecule has 6 nitrogen and oxygen atoms in total. The molecule has 0 radical (unpaired) electrons. The predicted octanol–water partition coefficient (Wildman–Crippen LogP) is 4.45. The molecule has 1 heterocycles. The van der Waals surface area contributed by atoms with E-state index in [-0.39, 0.29) is 0 Å². The first kappa shape index (κ1) is 19.7. The van der Waals surface area contributed by atoms with Crippen molar-refractivity contribution in [1.82, 2.24) is 15.5 Å². The number of benzene rings is 1. The van der Waals surface area contributed by atoms with Crippen molar-refractivity contribution in [2.45, 2.75) is 59.0 Å². The summed E-state index contributed by atoms with van der Waals surface area (Å²) in [6.07, 6.45) is 5.09. The van der Waals surface area contributed by atoms with E-state index in [1.165, 1.54) is 25.7 Å². The normalized spacial score (nSPS) is 20.5. The summed E-state index contributed by atoms with van der Waals surface area (Å²) >= 11 is 0. The van der Waals surface area contributed by atoms with Gasteiger partial charge in [0.25, 0.3) is 0 Å². The Morgan fingerprint density at radius 2 is 1.85 bits per heavy atom. The van der Waals surface area contributed by atoms with Gasteiger partial charge in [-0.25, -0.2) is 0 Å². The standard InChI is InChI=1S/C21H31N3O3/c1-21(2,3)15-8-6-7-9-16(15)22-13-19-23-20(24-27-19)14-10-11-17(25-4)18(12-14)26-5/h10-12,15-16,22H,6-9,13H2,1-5H3. The van der Waals surface area contributed by atoms with Gasteiger partial charge in [-0.05, 0) is 42.4 Å². The molecule has 148 valence electrons. The minimum absolute atomic E-state index is 0.303. The second-order valence-electron chi connectivity index (χ2n) is 8.33. The quantitative estimate of drug-likeness (QED) is 0.807. The van der Waals surface area contributed by atoms with Crippen molar-refractivity contribution in [2.24, 2.45) is 11.3 Å². The van der Waals surface area contributed by atoms with Crippen molar-refractivity contribution < 1.29 is 14.0 Å². The van der Waals surface area contributed by atoms with Gasteiger partial charge in [0, 0.05) is 11.6 Å². The maximum atomic E-state index is 5.47. The van der Waals surface area contributed by atoms with Crippen LogP contribution in [0.5, 0.6) is 11.5 Å². The Bertz CT molecular complexity index is 751. The lowest BCUT2D eigenvalue weighted by atomic mass is 9.69. The Labute approximate surface area is 161 Å². The number of nitrogens with one attached hydrogen (secondary N) is 1. The lowest BCUT2D eigenvalue weighted by Crippen LogP contribution is -2.43. The molecule has 0 bridgehead atoms. The molecule has 1 aromatic carbocycles. The van der Waals surface area contributed by atoms with Gasteiger partial charge in [0.2, 0.25) is 11.7 Å². The highest BCUT2D eigenvalue weighted by Crippen LogP contribution is 2.38. The third-order valence-corrected chi connectivity index (χ3v) is 5.50. The van der Waals surface area contributed by atoms with Crippen LogP contribution in [0, 0.1) is 11.3 Å². The van der Waals surface area contributed by atoms with E-state index in [1.807, 2.05) is 18.2 Å². The smallest absolute Gasteiger partial charge is 0.240 e. The van der Waals surface area contributed by atoms with Crippen LogP contribution in [0.15, 0.2) is 22.7 Å². The molecular formula is C21H31N3O3. The number of hydrogen-bond donors (Lipinski definition) is 1. The first-order chi connectivity index (χ1) is 12.9. The Kier molecular flexibility index (Phi) is 6.05. The van der Waals surface area contributed by atoms with Crippen molar-refractivity contribution in [1.29, 1.82) is 0 Å². The fourth-order valence-electron chi connectivity index (χ4n) is 4.05. The molecule has 2 aromatic rings. The number of methoxy groups -OCH3 is 2. The Morgan fingerprint density at radius 3 is 2.56 bits per heavy atom. The molecule has 0 saturated heterocycles. The molecular weight excluding hydrogens is 342 g/mol. The number of aromatic nitrogens is 2. The van der Waals surface area contributed by atoms with Gasteiger partial charge in [-0.2, -0.15) is 4.98 Å². The van der Waals surface area contributed by atoms with Crippen molar-refractivity contribution in [3.8, 4) is 22.9 Å².